The number of likely N-dealkylation sites (N-methyl/N-ethyl adjacent to an activating group) is 1. The summed E-state index contributed by atoms with van der Waals surface area (Å²) in [5, 5.41) is 9.65. The highest BCUT2D eigenvalue weighted by molar-refractivity contribution is 5.25. The summed E-state index contributed by atoms with van der Waals surface area (Å²) in [5.41, 5.74) is 8.13. The van der Waals surface area contributed by atoms with E-state index in [2.05, 4.69) is 36.1 Å². The molecular formula is C14H24N2O. The highest BCUT2D eigenvalue weighted by atomic mass is 16.3. The molecule has 0 aliphatic heterocycles. The summed E-state index contributed by atoms with van der Waals surface area (Å²) >= 11 is 0. The second-order valence-corrected chi connectivity index (χ2v) is 4.67. The van der Waals surface area contributed by atoms with Crippen LogP contribution in [0.4, 0.5) is 0 Å². The number of rotatable bonds is 7. The van der Waals surface area contributed by atoms with Crippen molar-refractivity contribution in [2.75, 3.05) is 26.7 Å². The van der Waals surface area contributed by atoms with E-state index in [0.717, 1.165) is 13.0 Å². The largest absolute Gasteiger partial charge is 0.392 e. The molecule has 1 aromatic rings. The Kier molecular flexibility index (Phi) is 6.19. The molecule has 3 N–H and O–H groups in total. The van der Waals surface area contributed by atoms with Crippen molar-refractivity contribution in [1.82, 2.24) is 4.90 Å². The van der Waals surface area contributed by atoms with Crippen LogP contribution >= 0.6 is 0 Å². The lowest BCUT2D eigenvalue weighted by molar-refractivity contribution is 0.120. The summed E-state index contributed by atoms with van der Waals surface area (Å²) in [4.78, 5) is 2.16. The summed E-state index contributed by atoms with van der Waals surface area (Å²) in [6, 6.07) is 8.44. The lowest BCUT2D eigenvalue weighted by Crippen LogP contribution is -2.32. The van der Waals surface area contributed by atoms with Crippen LogP contribution in [0.2, 0.25) is 0 Å². The molecule has 96 valence electrons. The summed E-state index contributed by atoms with van der Waals surface area (Å²) < 4.78 is 0. The number of hydrogen-bond donors (Lipinski definition) is 2. The van der Waals surface area contributed by atoms with Crippen LogP contribution in [-0.2, 0) is 6.42 Å². The van der Waals surface area contributed by atoms with E-state index in [1.54, 1.807) is 0 Å². The van der Waals surface area contributed by atoms with Crippen LogP contribution in [0.15, 0.2) is 24.3 Å². The highest BCUT2D eigenvalue weighted by Crippen LogP contribution is 2.08. The van der Waals surface area contributed by atoms with Gasteiger partial charge in [0, 0.05) is 13.1 Å². The first-order valence-corrected chi connectivity index (χ1v) is 6.24. The summed E-state index contributed by atoms with van der Waals surface area (Å²) in [5.74, 6) is 0. The van der Waals surface area contributed by atoms with E-state index >= 15 is 0 Å². The number of aryl methyl sites for hydroxylation is 1. The van der Waals surface area contributed by atoms with Gasteiger partial charge in [-0.15, -0.1) is 0 Å². The monoisotopic (exact) mass is 236 g/mol. The molecule has 0 radical (unpaired) electrons. The third-order valence-corrected chi connectivity index (χ3v) is 3.05. The van der Waals surface area contributed by atoms with Gasteiger partial charge in [0.2, 0.25) is 0 Å². The molecule has 1 rings (SSSR count). The molecule has 3 nitrogen and oxygen atoms in total. The second kappa shape index (κ2) is 7.43. The summed E-state index contributed by atoms with van der Waals surface area (Å²) in [6.07, 6.45) is 1.40. The lowest BCUT2D eigenvalue weighted by Gasteiger charge is -2.20. The maximum absolute atomic E-state index is 9.65. The Morgan fingerprint density at radius 2 is 2.06 bits per heavy atom. The summed E-state index contributed by atoms with van der Waals surface area (Å²) in [7, 11) is 2.04. The zero-order chi connectivity index (χ0) is 12.7. The predicted molar refractivity (Wildman–Crippen MR) is 72.1 cm³/mol. The number of hydrogen-bond acceptors (Lipinski definition) is 3. The third-order valence-electron chi connectivity index (χ3n) is 3.05. The van der Waals surface area contributed by atoms with Crippen molar-refractivity contribution in [2.45, 2.75) is 25.9 Å². The van der Waals surface area contributed by atoms with E-state index in [0.29, 0.717) is 19.5 Å². The van der Waals surface area contributed by atoms with Gasteiger partial charge < -0.3 is 15.7 Å². The molecule has 0 saturated carbocycles. The molecule has 0 amide bonds. The SMILES string of the molecule is Cc1ccccc1CCN(C)CC(O)CCN. The zero-order valence-corrected chi connectivity index (χ0v) is 10.9. The lowest BCUT2D eigenvalue weighted by atomic mass is 10.1. The number of benzene rings is 1. The smallest absolute Gasteiger partial charge is 0.0679 e. The molecule has 0 spiro atoms. The van der Waals surface area contributed by atoms with E-state index in [1.807, 2.05) is 7.05 Å². The fourth-order valence-corrected chi connectivity index (χ4v) is 1.94. The first-order chi connectivity index (χ1) is 8.13. The molecule has 0 saturated heterocycles. The number of nitrogens with zero attached hydrogens (tertiary/aromatic N) is 1. The number of nitrogens with two attached hydrogens (primary N) is 1. The Labute approximate surface area is 104 Å². The molecular weight excluding hydrogens is 212 g/mol. The minimum Gasteiger partial charge on any atom is -0.392 e. The molecule has 17 heavy (non-hydrogen) atoms. The molecule has 3 heteroatoms. The molecule has 0 aliphatic carbocycles. The molecule has 1 atom stereocenters. The fourth-order valence-electron chi connectivity index (χ4n) is 1.94. The first-order valence-electron chi connectivity index (χ1n) is 6.24. The first kappa shape index (κ1) is 14.2. The maximum Gasteiger partial charge on any atom is 0.0679 e. The zero-order valence-electron chi connectivity index (χ0n) is 10.9. The standard InChI is InChI=1S/C14H24N2O/c1-12-5-3-4-6-13(12)8-10-16(2)11-14(17)7-9-15/h3-6,14,17H,7-11,15H2,1-2H3. The Morgan fingerprint density at radius 3 is 2.71 bits per heavy atom. The average molecular weight is 236 g/mol. The Morgan fingerprint density at radius 1 is 1.35 bits per heavy atom. The molecule has 0 aromatic heterocycles. The van der Waals surface area contributed by atoms with Crippen LogP contribution in [0.25, 0.3) is 0 Å². The van der Waals surface area contributed by atoms with Crippen LogP contribution in [0.5, 0.6) is 0 Å². The van der Waals surface area contributed by atoms with Gasteiger partial charge >= 0.3 is 0 Å². The Bertz CT molecular complexity index is 328. The molecule has 0 fully saturated rings. The topological polar surface area (TPSA) is 49.5 Å². The third kappa shape index (κ3) is 5.31. The van der Waals surface area contributed by atoms with E-state index < -0.39 is 0 Å². The Balaban J connectivity index is 2.33. The van der Waals surface area contributed by atoms with Crippen LogP contribution in [-0.4, -0.2) is 42.8 Å². The van der Waals surface area contributed by atoms with Crippen molar-refractivity contribution in [3.05, 3.63) is 35.4 Å². The van der Waals surface area contributed by atoms with Gasteiger partial charge in [0.05, 0.1) is 6.10 Å². The quantitative estimate of drug-likeness (QED) is 0.747. The van der Waals surface area contributed by atoms with Crippen molar-refractivity contribution < 1.29 is 5.11 Å². The van der Waals surface area contributed by atoms with Gasteiger partial charge in [0.1, 0.15) is 0 Å². The Hall–Kier alpha value is -0.900. The van der Waals surface area contributed by atoms with Crippen molar-refractivity contribution >= 4 is 0 Å². The second-order valence-electron chi connectivity index (χ2n) is 4.67. The molecule has 0 aliphatic rings. The minimum atomic E-state index is -0.304. The van der Waals surface area contributed by atoms with Crippen LogP contribution in [0.3, 0.4) is 0 Å². The van der Waals surface area contributed by atoms with E-state index in [1.165, 1.54) is 11.1 Å². The van der Waals surface area contributed by atoms with Gasteiger partial charge in [0.25, 0.3) is 0 Å². The van der Waals surface area contributed by atoms with Gasteiger partial charge in [-0.05, 0) is 44.5 Å². The van der Waals surface area contributed by atoms with Crippen molar-refractivity contribution in [1.29, 1.82) is 0 Å². The maximum atomic E-state index is 9.65. The van der Waals surface area contributed by atoms with Gasteiger partial charge in [-0.25, -0.2) is 0 Å². The number of aliphatic hydroxyl groups excluding tert-OH is 1. The van der Waals surface area contributed by atoms with Crippen molar-refractivity contribution in [3.63, 3.8) is 0 Å². The minimum absolute atomic E-state index is 0.304. The van der Waals surface area contributed by atoms with E-state index in [4.69, 9.17) is 5.73 Å². The normalized spacial score (nSPS) is 13.0. The molecule has 0 bridgehead atoms. The fraction of sp³-hybridized carbons (Fsp3) is 0.571. The molecule has 0 heterocycles. The average Bonchev–Trinajstić information content (AvgIpc) is 2.28. The van der Waals surface area contributed by atoms with Crippen LogP contribution in [0.1, 0.15) is 17.5 Å². The van der Waals surface area contributed by atoms with Crippen molar-refractivity contribution in [3.8, 4) is 0 Å². The predicted octanol–water partition coefficient (Wildman–Crippen LogP) is 1.18. The highest BCUT2D eigenvalue weighted by Gasteiger charge is 2.07. The van der Waals surface area contributed by atoms with Gasteiger partial charge in [-0.1, -0.05) is 24.3 Å². The van der Waals surface area contributed by atoms with E-state index in [-0.39, 0.29) is 6.10 Å². The van der Waals surface area contributed by atoms with Gasteiger partial charge in [0.15, 0.2) is 0 Å². The molecule has 1 aromatic carbocycles. The van der Waals surface area contributed by atoms with Crippen LogP contribution < -0.4 is 5.73 Å². The van der Waals surface area contributed by atoms with Crippen molar-refractivity contribution in [2.24, 2.45) is 5.73 Å². The van der Waals surface area contributed by atoms with Gasteiger partial charge in [-0.2, -0.15) is 0 Å². The number of aliphatic hydroxyl groups is 1. The van der Waals surface area contributed by atoms with Gasteiger partial charge in [-0.3, -0.25) is 0 Å². The molecule has 1 unspecified atom stereocenters. The summed E-state index contributed by atoms with van der Waals surface area (Å²) in [6.45, 7) is 4.35. The van der Waals surface area contributed by atoms with E-state index in [9.17, 15) is 5.11 Å². The van der Waals surface area contributed by atoms with Crippen LogP contribution in [0, 0.1) is 6.92 Å².